The third-order valence-electron chi connectivity index (χ3n) is 3.43. The summed E-state index contributed by atoms with van der Waals surface area (Å²) in [4.78, 5) is 24.1. The van der Waals surface area contributed by atoms with Gasteiger partial charge in [-0.15, -0.1) is 0 Å². The highest BCUT2D eigenvalue weighted by molar-refractivity contribution is 5.98. The highest BCUT2D eigenvalue weighted by Crippen LogP contribution is 2.22. The molecule has 0 bridgehead atoms. The van der Waals surface area contributed by atoms with Gasteiger partial charge in [0.05, 0.1) is 0 Å². The van der Waals surface area contributed by atoms with E-state index in [0.717, 1.165) is 5.56 Å². The van der Waals surface area contributed by atoms with Gasteiger partial charge in [0, 0.05) is 5.69 Å². The summed E-state index contributed by atoms with van der Waals surface area (Å²) in [6.45, 7) is 5.11. The molecule has 120 valence electrons. The zero-order valence-electron chi connectivity index (χ0n) is 13.3. The highest BCUT2D eigenvalue weighted by Gasteiger charge is 2.21. The van der Waals surface area contributed by atoms with Gasteiger partial charge in [-0.3, -0.25) is 4.79 Å². The van der Waals surface area contributed by atoms with E-state index < -0.39 is 18.0 Å². The summed E-state index contributed by atoms with van der Waals surface area (Å²) in [5.41, 5.74) is 2.32. The van der Waals surface area contributed by atoms with Crippen LogP contribution in [0, 0.1) is 13.8 Å². The van der Waals surface area contributed by atoms with Gasteiger partial charge in [-0.2, -0.15) is 0 Å². The van der Waals surface area contributed by atoms with Gasteiger partial charge in [0.15, 0.2) is 6.10 Å². The van der Waals surface area contributed by atoms with Crippen LogP contribution in [-0.2, 0) is 9.53 Å². The van der Waals surface area contributed by atoms with Crippen LogP contribution in [0.3, 0.4) is 0 Å². The van der Waals surface area contributed by atoms with Crippen LogP contribution in [0.25, 0.3) is 0 Å². The number of anilines is 1. The van der Waals surface area contributed by atoms with Crippen LogP contribution in [-0.4, -0.2) is 23.1 Å². The minimum Gasteiger partial charge on any atom is -0.507 e. The molecule has 0 spiro atoms. The van der Waals surface area contributed by atoms with Crippen LogP contribution < -0.4 is 5.32 Å². The van der Waals surface area contributed by atoms with Crippen molar-refractivity contribution in [1.29, 1.82) is 0 Å². The molecule has 1 atom stereocenters. The second-order valence-corrected chi connectivity index (χ2v) is 5.37. The van der Waals surface area contributed by atoms with Crippen LogP contribution in [0.15, 0.2) is 42.5 Å². The number of ether oxygens (including phenoxy) is 1. The average Bonchev–Trinajstić information content (AvgIpc) is 2.52. The van der Waals surface area contributed by atoms with Crippen molar-refractivity contribution in [3.63, 3.8) is 0 Å². The number of esters is 1. The standard InChI is InChI=1S/C18H19NO4/c1-11-7-9-14(10-8-11)19-17(21)13(3)23-18(22)15-6-4-5-12(2)16(15)20/h4-10,13,20H,1-3H3,(H,19,21). The summed E-state index contributed by atoms with van der Waals surface area (Å²) in [7, 11) is 0. The lowest BCUT2D eigenvalue weighted by Crippen LogP contribution is -2.30. The molecule has 0 saturated heterocycles. The monoisotopic (exact) mass is 313 g/mol. The Morgan fingerprint density at radius 3 is 2.39 bits per heavy atom. The lowest BCUT2D eigenvalue weighted by Gasteiger charge is -2.14. The fourth-order valence-corrected chi connectivity index (χ4v) is 1.98. The lowest BCUT2D eigenvalue weighted by atomic mass is 10.1. The molecule has 2 N–H and O–H groups in total. The lowest BCUT2D eigenvalue weighted by molar-refractivity contribution is -0.123. The van der Waals surface area contributed by atoms with E-state index in [9.17, 15) is 14.7 Å². The van der Waals surface area contributed by atoms with Gasteiger partial charge >= 0.3 is 5.97 Å². The molecule has 0 saturated carbocycles. The highest BCUT2D eigenvalue weighted by atomic mass is 16.5. The summed E-state index contributed by atoms with van der Waals surface area (Å²) in [5, 5.41) is 12.6. The van der Waals surface area contributed by atoms with Crippen molar-refractivity contribution in [2.75, 3.05) is 5.32 Å². The first-order valence-corrected chi connectivity index (χ1v) is 7.25. The molecule has 2 aromatic carbocycles. The molecule has 0 aliphatic carbocycles. The molecule has 5 heteroatoms. The van der Waals surface area contributed by atoms with Crippen molar-refractivity contribution in [2.24, 2.45) is 0 Å². The summed E-state index contributed by atoms with van der Waals surface area (Å²) >= 11 is 0. The summed E-state index contributed by atoms with van der Waals surface area (Å²) in [6, 6.07) is 12.1. The second-order valence-electron chi connectivity index (χ2n) is 5.37. The maximum absolute atomic E-state index is 12.1. The van der Waals surface area contributed by atoms with Crippen LogP contribution in [0.2, 0.25) is 0 Å². The van der Waals surface area contributed by atoms with Gasteiger partial charge in [0.1, 0.15) is 11.3 Å². The van der Waals surface area contributed by atoms with Gasteiger partial charge < -0.3 is 15.2 Å². The van der Waals surface area contributed by atoms with E-state index in [1.807, 2.05) is 19.1 Å². The molecular formula is C18H19NO4. The predicted octanol–water partition coefficient (Wildman–Crippen LogP) is 3.19. The molecule has 1 unspecified atom stereocenters. The topological polar surface area (TPSA) is 75.6 Å². The maximum atomic E-state index is 12.1. The van der Waals surface area contributed by atoms with Crippen LogP contribution in [0.5, 0.6) is 5.75 Å². The van der Waals surface area contributed by atoms with Crippen molar-refractivity contribution in [3.05, 3.63) is 59.2 Å². The smallest absolute Gasteiger partial charge is 0.342 e. The molecule has 0 heterocycles. The normalized spacial score (nSPS) is 11.6. The number of hydrogen-bond acceptors (Lipinski definition) is 4. The number of benzene rings is 2. The number of carbonyl (C=O) groups is 2. The van der Waals surface area contributed by atoms with Gasteiger partial charge in [-0.25, -0.2) is 4.79 Å². The fraction of sp³-hybridized carbons (Fsp3) is 0.222. The van der Waals surface area contributed by atoms with Crippen LogP contribution >= 0.6 is 0 Å². The van der Waals surface area contributed by atoms with E-state index in [2.05, 4.69) is 5.32 Å². The molecule has 2 rings (SSSR count). The summed E-state index contributed by atoms with van der Waals surface area (Å²) in [5.74, 6) is -1.31. The predicted molar refractivity (Wildman–Crippen MR) is 87.5 cm³/mol. The Balaban J connectivity index is 2.01. The van der Waals surface area contributed by atoms with E-state index >= 15 is 0 Å². The molecule has 0 aliphatic rings. The van der Waals surface area contributed by atoms with Crippen molar-refractivity contribution in [3.8, 4) is 5.75 Å². The van der Waals surface area contributed by atoms with E-state index in [4.69, 9.17) is 4.74 Å². The molecule has 2 aromatic rings. The minimum atomic E-state index is -0.983. The molecule has 0 radical (unpaired) electrons. The zero-order valence-corrected chi connectivity index (χ0v) is 13.3. The van der Waals surface area contributed by atoms with E-state index in [1.165, 1.54) is 13.0 Å². The molecule has 0 fully saturated rings. The Kier molecular flexibility index (Phi) is 5.01. The number of amides is 1. The van der Waals surface area contributed by atoms with Gasteiger partial charge in [0.2, 0.25) is 0 Å². The Hall–Kier alpha value is -2.82. The molecule has 5 nitrogen and oxygen atoms in total. The Morgan fingerprint density at radius 1 is 1.09 bits per heavy atom. The van der Waals surface area contributed by atoms with Crippen molar-refractivity contribution in [2.45, 2.75) is 26.9 Å². The first kappa shape index (κ1) is 16.5. The largest absolute Gasteiger partial charge is 0.507 e. The van der Waals surface area contributed by atoms with Crippen LogP contribution in [0.1, 0.15) is 28.4 Å². The molecule has 0 aliphatic heterocycles. The summed E-state index contributed by atoms with van der Waals surface area (Å²) < 4.78 is 5.12. The molecular weight excluding hydrogens is 294 g/mol. The van der Waals surface area contributed by atoms with Crippen molar-refractivity contribution in [1.82, 2.24) is 0 Å². The number of aromatic hydroxyl groups is 1. The third-order valence-corrected chi connectivity index (χ3v) is 3.43. The summed E-state index contributed by atoms with van der Waals surface area (Å²) in [6.07, 6.45) is -0.983. The third kappa shape index (κ3) is 4.10. The van der Waals surface area contributed by atoms with E-state index in [1.54, 1.807) is 31.2 Å². The number of aryl methyl sites for hydroxylation is 2. The van der Waals surface area contributed by atoms with E-state index in [-0.39, 0.29) is 11.3 Å². The quantitative estimate of drug-likeness (QED) is 0.850. The number of hydrogen-bond donors (Lipinski definition) is 2. The Bertz CT molecular complexity index is 722. The van der Waals surface area contributed by atoms with Gasteiger partial charge in [-0.05, 0) is 44.5 Å². The number of rotatable bonds is 4. The molecule has 23 heavy (non-hydrogen) atoms. The Labute approximate surface area is 134 Å². The number of phenolic OH excluding ortho intramolecular Hbond substituents is 1. The first-order chi connectivity index (χ1) is 10.9. The average molecular weight is 313 g/mol. The van der Waals surface area contributed by atoms with Crippen molar-refractivity contribution >= 4 is 17.6 Å². The molecule has 1 amide bonds. The second kappa shape index (κ2) is 6.96. The number of carbonyl (C=O) groups excluding carboxylic acids is 2. The first-order valence-electron chi connectivity index (χ1n) is 7.25. The Morgan fingerprint density at radius 2 is 1.74 bits per heavy atom. The number of para-hydroxylation sites is 1. The van der Waals surface area contributed by atoms with Crippen LogP contribution in [0.4, 0.5) is 5.69 Å². The van der Waals surface area contributed by atoms with E-state index in [0.29, 0.717) is 11.3 Å². The SMILES string of the molecule is Cc1ccc(NC(=O)C(C)OC(=O)c2cccc(C)c2O)cc1. The van der Waals surface area contributed by atoms with Gasteiger partial charge in [-0.1, -0.05) is 29.8 Å². The molecule has 0 aromatic heterocycles. The van der Waals surface area contributed by atoms with Gasteiger partial charge in [0.25, 0.3) is 5.91 Å². The number of nitrogens with one attached hydrogen (secondary N) is 1. The zero-order chi connectivity index (χ0) is 17.0. The fourth-order valence-electron chi connectivity index (χ4n) is 1.98. The number of phenols is 1. The maximum Gasteiger partial charge on any atom is 0.342 e. The minimum absolute atomic E-state index is 0.0417. The van der Waals surface area contributed by atoms with Crippen molar-refractivity contribution < 1.29 is 19.4 Å².